The molecule has 0 aromatic carbocycles. The molecule has 0 fully saturated rings. The molecule has 0 saturated heterocycles. The number of ketones is 1. The van der Waals surface area contributed by atoms with Crippen molar-refractivity contribution in [2.75, 3.05) is 18.1 Å². The number of nitrogens with one attached hydrogen (secondary N) is 2. The highest BCUT2D eigenvalue weighted by Gasteiger charge is 2.16. The van der Waals surface area contributed by atoms with Gasteiger partial charge in [-0.15, -0.1) is 0 Å². The van der Waals surface area contributed by atoms with Crippen molar-refractivity contribution < 1.29 is 9.59 Å². The number of carbonyl (C=O) groups is 2. The third-order valence-electron chi connectivity index (χ3n) is 4.56. The summed E-state index contributed by atoms with van der Waals surface area (Å²) in [5.41, 5.74) is 5.03. The minimum atomic E-state index is -0.424. The molecule has 4 nitrogen and oxygen atoms in total. The Kier molecular flexibility index (Phi) is 16.0. The Balaban J connectivity index is 4.19. The summed E-state index contributed by atoms with van der Waals surface area (Å²) in [5.74, 6) is 1.34. The lowest BCUT2D eigenvalue weighted by Crippen LogP contribution is -2.42. The summed E-state index contributed by atoms with van der Waals surface area (Å²) in [6, 6.07) is -0.424. The van der Waals surface area contributed by atoms with Gasteiger partial charge in [0.2, 0.25) is 5.91 Å². The second-order valence-electron chi connectivity index (χ2n) is 8.19. The van der Waals surface area contributed by atoms with Crippen molar-refractivity contribution >= 4 is 23.5 Å². The van der Waals surface area contributed by atoms with Gasteiger partial charge in [-0.25, -0.2) is 0 Å². The van der Waals surface area contributed by atoms with E-state index in [1.54, 1.807) is 11.8 Å². The average molecular weight is 435 g/mol. The van der Waals surface area contributed by atoms with Crippen LogP contribution >= 0.6 is 11.8 Å². The van der Waals surface area contributed by atoms with Crippen LogP contribution in [0.2, 0.25) is 0 Å². The fourth-order valence-corrected chi connectivity index (χ4v) is 3.73. The number of Topliss-reactive ketones (excluding diaryl/α,β-unsaturated/α-hetero) is 1. The van der Waals surface area contributed by atoms with Crippen molar-refractivity contribution in [1.29, 1.82) is 0 Å². The molecule has 0 aliphatic carbocycles. The Labute approximate surface area is 188 Å². The predicted octanol–water partition coefficient (Wildman–Crippen LogP) is 5.73. The number of hydrogen-bond donors (Lipinski definition) is 2. The first-order chi connectivity index (χ1) is 14.1. The molecule has 1 atom stereocenters. The monoisotopic (exact) mass is 434 g/mol. The van der Waals surface area contributed by atoms with Crippen LogP contribution in [0.3, 0.4) is 0 Å². The van der Waals surface area contributed by atoms with E-state index >= 15 is 0 Å². The highest BCUT2D eigenvalue weighted by Crippen LogP contribution is 2.13. The normalized spacial score (nSPS) is 12.9. The number of hydrogen-bond acceptors (Lipinski definition) is 4. The largest absolute Gasteiger partial charge is 0.389 e. The molecule has 0 aliphatic heterocycles. The Morgan fingerprint density at radius 2 is 1.50 bits per heavy atom. The molecule has 0 bridgehead atoms. The maximum Gasteiger partial charge on any atom is 0.222 e. The quantitative estimate of drug-likeness (QED) is 0.241. The maximum atomic E-state index is 12.0. The van der Waals surface area contributed by atoms with Gasteiger partial charge in [-0.1, -0.05) is 41.5 Å². The minimum absolute atomic E-state index is 0.00173. The maximum absolute atomic E-state index is 12.0. The number of amides is 1. The smallest absolute Gasteiger partial charge is 0.222 e. The Hall–Kier alpha value is -1.75. The molecule has 0 aromatic rings. The lowest BCUT2D eigenvalue weighted by molar-refractivity contribution is -0.126. The van der Waals surface area contributed by atoms with Crippen LogP contribution in [0.15, 0.2) is 47.2 Å². The van der Waals surface area contributed by atoms with Gasteiger partial charge in [0, 0.05) is 30.2 Å². The Morgan fingerprint density at radius 1 is 0.900 bits per heavy atom. The van der Waals surface area contributed by atoms with E-state index in [4.69, 9.17) is 0 Å². The summed E-state index contributed by atoms with van der Waals surface area (Å²) < 4.78 is 0. The van der Waals surface area contributed by atoms with E-state index in [-0.39, 0.29) is 11.7 Å². The highest BCUT2D eigenvalue weighted by atomic mass is 32.2. The minimum Gasteiger partial charge on any atom is -0.389 e. The van der Waals surface area contributed by atoms with Crippen LogP contribution in [0, 0.1) is 0 Å². The van der Waals surface area contributed by atoms with E-state index in [0.717, 1.165) is 37.1 Å². The molecule has 0 aromatic heterocycles. The van der Waals surface area contributed by atoms with Crippen LogP contribution in [0.4, 0.5) is 0 Å². The van der Waals surface area contributed by atoms with Crippen LogP contribution in [-0.2, 0) is 9.59 Å². The number of carbonyl (C=O) groups excluding carboxylic acids is 2. The third kappa shape index (κ3) is 17.1. The SMILES string of the molecule is C=C(C)NCCC(=O)N[C@@H](CSC/C=C(\C)CC/C=C(\C)CCC=C(C)C)C(C)=O. The lowest BCUT2D eigenvalue weighted by Gasteiger charge is -2.15. The van der Waals surface area contributed by atoms with E-state index < -0.39 is 6.04 Å². The van der Waals surface area contributed by atoms with E-state index in [1.165, 1.54) is 23.6 Å². The van der Waals surface area contributed by atoms with E-state index in [9.17, 15) is 9.59 Å². The molecular formula is C25H42N2O2S. The zero-order valence-electron chi connectivity index (χ0n) is 19.9. The van der Waals surface area contributed by atoms with Crippen molar-refractivity contribution in [3.63, 3.8) is 0 Å². The average Bonchev–Trinajstić information content (AvgIpc) is 2.63. The van der Waals surface area contributed by atoms with Gasteiger partial charge in [0.05, 0.1) is 6.04 Å². The van der Waals surface area contributed by atoms with Gasteiger partial charge in [0.25, 0.3) is 0 Å². The van der Waals surface area contributed by atoms with Gasteiger partial charge >= 0.3 is 0 Å². The van der Waals surface area contributed by atoms with Crippen LogP contribution < -0.4 is 10.6 Å². The fourth-order valence-electron chi connectivity index (χ4n) is 2.64. The zero-order valence-corrected chi connectivity index (χ0v) is 20.7. The standard InChI is InChI=1S/C25H42N2O2S/c1-19(2)10-8-11-21(5)12-9-13-22(6)15-17-30-18-24(23(7)28)27-25(29)14-16-26-20(3)4/h10,12,15,24,26H,3,8-9,11,13-14,16-18H2,1-2,4-7H3,(H,27,29)/b21-12+,22-15+/t24-/m0/s1. The second-order valence-corrected chi connectivity index (χ2v) is 9.26. The first-order valence-corrected chi connectivity index (χ1v) is 12.0. The van der Waals surface area contributed by atoms with Gasteiger partial charge < -0.3 is 10.6 Å². The number of rotatable bonds is 16. The van der Waals surface area contributed by atoms with Gasteiger partial charge in [-0.3, -0.25) is 9.59 Å². The molecule has 0 radical (unpaired) electrons. The summed E-state index contributed by atoms with van der Waals surface area (Å²) in [7, 11) is 0. The molecule has 170 valence electrons. The molecular weight excluding hydrogens is 392 g/mol. The lowest BCUT2D eigenvalue weighted by atomic mass is 10.1. The molecule has 0 rings (SSSR count). The van der Waals surface area contributed by atoms with Gasteiger partial charge in [0.15, 0.2) is 5.78 Å². The summed E-state index contributed by atoms with van der Waals surface area (Å²) >= 11 is 1.68. The van der Waals surface area contributed by atoms with E-state index in [0.29, 0.717) is 18.7 Å². The molecule has 0 spiro atoms. The first-order valence-electron chi connectivity index (χ1n) is 10.8. The zero-order chi connectivity index (χ0) is 22.9. The van der Waals surface area contributed by atoms with Crippen LogP contribution in [0.5, 0.6) is 0 Å². The van der Waals surface area contributed by atoms with E-state index in [2.05, 4.69) is 63.1 Å². The Bertz CT molecular complexity index is 644. The van der Waals surface area contributed by atoms with Crippen molar-refractivity contribution in [1.82, 2.24) is 10.6 Å². The van der Waals surface area contributed by atoms with Gasteiger partial charge in [-0.05, 0) is 67.2 Å². The molecule has 0 saturated carbocycles. The summed E-state index contributed by atoms with van der Waals surface area (Å²) in [6.07, 6.45) is 11.6. The second kappa shape index (κ2) is 17.0. The first kappa shape index (κ1) is 28.2. The van der Waals surface area contributed by atoms with Gasteiger partial charge in [-0.2, -0.15) is 11.8 Å². The highest BCUT2D eigenvalue weighted by molar-refractivity contribution is 7.99. The number of thioether (sulfide) groups is 1. The molecule has 30 heavy (non-hydrogen) atoms. The number of allylic oxidation sites excluding steroid dienone is 6. The summed E-state index contributed by atoms with van der Waals surface area (Å²) in [5, 5.41) is 5.86. The van der Waals surface area contributed by atoms with Crippen LogP contribution in [0.25, 0.3) is 0 Å². The van der Waals surface area contributed by atoms with Crippen molar-refractivity contribution in [3.05, 3.63) is 47.2 Å². The Morgan fingerprint density at radius 3 is 2.07 bits per heavy atom. The predicted molar refractivity (Wildman–Crippen MR) is 133 cm³/mol. The van der Waals surface area contributed by atoms with E-state index in [1.807, 2.05) is 6.92 Å². The third-order valence-corrected chi connectivity index (χ3v) is 5.53. The van der Waals surface area contributed by atoms with Crippen molar-refractivity contribution in [2.45, 2.75) is 79.7 Å². The molecule has 0 aliphatic rings. The molecule has 0 unspecified atom stereocenters. The molecule has 0 heterocycles. The van der Waals surface area contributed by atoms with Crippen LogP contribution in [-0.4, -0.2) is 35.8 Å². The summed E-state index contributed by atoms with van der Waals surface area (Å²) in [4.78, 5) is 23.8. The topological polar surface area (TPSA) is 58.2 Å². The fraction of sp³-hybridized carbons (Fsp3) is 0.600. The summed E-state index contributed by atoms with van der Waals surface area (Å²) in [6.45, 7) is 16.3. The molecule has 1 amide bonds. The van der Waals surface area contributed by atoms with Crippen LogP contribution in [0.1, 0.15) is 73.6 Å². The van der Waals surface area contributed by atoms with Crippen molar-refractivity contribution in [3.8, 4) is 0 Å². The molecule has 2 N–H and O–H groups in total. The van der Waals surface area contributed by atoms with Crippen molar-refractivity contribution in [2.24, 2.45) is 0 Å². The molecule has 5 heteroatoms. The van der Waals surface area contributed by atoms with Gasteiger partial charge in [0.1, 0.15) is 0 Å².